The van der Waals surface area contributed by atoms with Gasteiger partial charge in [-0.05, 0) is 43.9 Å². The molecule has 0 aliphatic heterocycles. The molecule has 102 valence electrons. The maximum absolute atomic E-state index is 11.7. The lowest BCUT2D eigenvalue weighted by Gasteiger charge is -2.09. The fourth-order valence-electron chi connectivity index (χ4n) is 1.79. The highest BCUT2D eigenvalue weighted by Crippen LogP contribution is 2.16. The van der Waals surface area contributed by atoms with Gasteiger partial charge in [0.15, 0.2) is 0 Å². The first kappa shape index (κ1) is 15.2. The molecule has 0 fully saturated rings. The monoisotopic (exact) mass is 268 g/mol. The van der Waals surface area contributed by atoms with Crippen LogP contribution >= 0.6 is 11.3 Å². The van der Waals surface area contributed by atoms with Gasteiger partial charge in [-0.15, -0.1) is 11.3 Å². The Labute approximate surface area is 114 Å². The fourth-order valence-corrected chi connectivity index (χ4v) is 2.69. The molecule has 0 bridgehead atoms. The molecule has 18 heavy (non-hydrogen) atoms. The Balaban J connectivity index is 2.20. The molecule has 0 aliphatic carbocycles. The zero-order valence-corrected chi connectivity index (χ0v) is 12.2. The Kier molecular flexibility index (Phi) is 6.98. The largest absolute Gasteiger partial charge is 0.351 e. The summed E-state index contributed by atoms with van der Waals surface area (Å²) in [6, 6.07) is 4.23. The standard InChI is InChI=1S/C14H24N2OS/c1-3-12-5-6-13(18-12)10-16-14(17)7-4-11(2)8-9-15/h5-6,11H,3-4,7-10,15H2,1-2H3,(H,16,17). The minimum absolute atomic E-state index is 0.144. The smallest absolute Gasteiger partial charge is 0.220 e. The third kappa shape index (κ3) is 5.65. The van der Waals surface area contributed by atoms with Crippen LogP contribution in [-0.2, 0) is 17.8 Å². The molecule has 1 aromatic heterocycles. The van der Waals surface area contributed by atoms with E-state index in [1.165, 1.54) is 9.75 Å². The van der Waals surface area contributed by atoms with Crippen molar-refractivity contribution in [1.29, 1.82) is 0 Å². The van der Waals surface area contributed by atoms with Gasteiger partial charge in [-0.1, -0.05) is 13.8 Å². The molecule has 3 nitrogen and oxygen atoms in total. The zero-order chi connectivity index (χ0) is 13.4. The number of thiophene rings is 1. The number of hydrogen-bond acceptors (Lipinski definition) is 3. The van der Waals surface area contributed by atoms with Crippen LogP contribution in [0.15, 0.2) is 12.1 Å². The van der Waals surface area contributed by atoms with Crippen LogP contribution in [0.1, 0.15) is 42.9 Å². The fraction of sp³-hybridized carbons (Fsp3) is 0.643. The topological polar surface area (TPSA) is 55.1 Å². The Morgan fingerprint density at radius 2 is 2.11 bits per heavy atom. The average Bonchev–Trinajstić information content (AvgIpc) is 2.82. The summed E-state index contributed by atoms with van der Waals surface area (Å²) < 4.78 is 0. The number of carbonyl (C=O) groups excluding carboxylic acids is 1. The van der Waals surface area contributed by atoms with Crippen LogP contribution in [0, 0.1) is 5.92 Å². The molecule has 1 rings (SSSR count). The number of rotatable bonds is 8. The highest BCUT2D eigenvalue weighted by Gasteiger charge is 2.06. The van der Waals surface area contributed by atoms with E-state index in [4.69, 9.17) is 5.73 Å². The lowest BCUT2D eigenvalue weighted by molar-refractivity contribution is -0.121. The number of aryl methyl sites for hydroxylation is 1. The van der Waals surface area contributed by atoms with E-state index in [0.29, 0.717) is 25.4 Å². The first-order valence-corrected chi connectivity index (χ1v) is 7.51. The summed E-state index contributed by atoms with van der Waals surface area (Å²) >= 11 is 1.78. The van der Waals surface area contributed by atoms with Crippen LogP contribution in [-0.4, -0.2) is 12.5 Å². The van der Waals surface area contributed by atoms with E-state index >= 15 is 0 Å². The second-order valence-corrected chi connectivity index (χ2v) is 5.97. The summed E-state index contributed by atoms with van der Waals surface area (Å²) in [4.78, 5) is 14.3. The summed E-state index contributed by atoms with van der Waals surface area (Å²) in [6.07, 6.45) is 3.59. The maximum Gasteiger partial charge on any atom is 0.220 e. The average molecular weight is 268 g/mol. The Hall–Kier alpha value is -0.870. The SMILES string of the molecule is CCc1ccc(CNC(=O)CCC(C)CCN)s1. The van der Waals surface area contributed by atoms with Crippen molar-refractivity contribution in [2.75, 3.05) is 6.54 Å². The molecule has 0 aromatic carbocycles. The first-order chi connectivity index (χ1) is 8.65. The molecule has 1 unspecified atom stereocenters. The summed E-state index contributed by atoms with van der Waals surface area (Å²) in [6.45, 7) is 5.66. The van der Waals surface area contributed by atoms with E-state index in [-0.39, 0.29) is 5.91 Å². The quantitative estimate of drug-likeness (QED) is 0.761. The molecular weight excluding hydrogens is 244 g/mol. The van der Waals surface area contributed by atoms with Gasteiger partial charge in [-0.3, -0.25) is 4.79 Å². The second kappa shape index (κ2) is 8.27. The summed E-state index contributed by atoms with van der Waals surface area (Å²) in [5.74, 6) is 0.680. The molecule has 0 aliphatic rings. The molecule has 0 spiro atoms. The van der Waals surface area contributed by atoms with Gasteiger partial charge < -0.3 is 11.1 Å². The van der Waals surface area contributed by atoms with Crippen molar-refractivity contribution < 1.29 is 4.79 Å². The van der Waals surface area contributed by atoms with Crippen molar-refractivity contribution in [1.82, 2.24) is 5.32 Å². The molecule has 1 amide bonds. The van der Waals surface area contributed by atoms with Crippen LogP contribution in [0.2, 0.25) is 0 Å². The number of nitrogens with one attached hydrogen (secondary N) is 1. The minimum Gasteiger partial charge on any atom is -0.351 e. The predicted molar refractivity (Wildman–Crippen MR) is 77.6 cm³/mol. The van der Waals surface area contributed by atoms with Crippen molar-refractivity contribution in [2.24, 2.45) is 11.7 Å². The number of carbonyl (C=O) groups is 1. The van der Waals surface area contributed by atoms with Crippen molar-refractivity contribution >= 4 is 17.2 Å². The minimum atomic E-state index is 0.144. The Morgan fingerprint density at radius 1 is 1.39 bits per heavy atom. The summed E-state index contributed by atoms with van der Waals surface area (Å²) in [7, 11) is 0. The third-order valence-electron chi connectivity index (χ3n) is 3.05. The van der Waals surface area contributed by atoms with Crippen LogP contribution < -0.4 is 11.1 Å². The van der Waals surface area contributed by atoms with Crippen molar-refractivity contribution in [2.45, 2.75) is 46.1 Å². The molecule has 1 atom stereocenters. The Morgan fingerprint density at radius 3 is 2.72 bits per heavy atom. The molecule has 0 saturated heterocycles. The highest BCUT2D eigenvalue weighted by atomic mass is 32.1. The van der Waals surface area contributed by atoms with Crippen molar-refractivity contribution in [3.8, 4) is 0 Å². The van der Waals surface area contributed by atoms with Gasteiger partial charge in [0, 0.05) is 16.2 Å². The highest BCUT2D eigenvalue weighted by molar-refractivity contribution is 7.11. The summed E-state index contributed by atoms with van der Waals surface area (Å²) in [5, 5.41) is 2.97. The normalized spacial score (nSPS) is 12.4. The lowest BCUT2D eigenvalue weighted by atomic mass is 10.0. The van der Waals surface area contributed by atoms with Gasteiger partial charge >= 0.3 is 0 Å². The van der Waals surface area contributed by atoms with E-state index in [9.17, 15) is 4.79 Å². The van der Waals surface area contributed by atoms with Crippen molar-refractivity contribution in [3.05, 3.63) is 21.9 Å². The molecule has 3 N–H and O–H groups in total. The second-order valence-electron chi connectivity index (χ2n) is 4.72. The van der Waals surface area contributed by atoms with Crippen molar-refractivity contribution in [3.63, 3.8) is 0 Å². The van der Waals surface area contributed by atoms with Gasteiger partial charge in [0.05, 0.1) is 6.54 Å². The molecule has 1 aromatic rings. The van der Waals surface area contributed by atoms with E-state index in [0.717, 1.165) is 19.3 Å². The van der Waals surface area contributed by atoms with Gasteiger partial charge in [-0.25, -0.2) is 0 Å². The van der Waals surface area contributed by atoms with E-state index < -0.39 is 0 Å². The number of nitrogens with two attached hydrogens (primary N) is 1. The van der Waals surface area contributed by atoms with Crippen LogP contribution in [0.4, 0.5) is 0 Å². The van der Waals surface area contributed by atoms with Gasteiger partial charge in [0.25, 0.3) is 0 Å². The van der Waals surface area contributed by atoms with E-state index in [2.05, 4.69) is 31.3 Å². The third-order valence-corrected chi connectivity index (χ3v) is 4.28. The van der Waals surface area contributed by atoms with Gasteiger partial charge in [-0.2, -0.15) is 0 Å². The van der Waals surface area contributed by atoms with E-state index in [1.54, 1.807) is 11.3 Å². The van der Waals surface area contributed by atoms with Crippen LogP contribution in [0.25, 0.3) is 0 Å². The molecule has 1 heterocycles. The predicted octanol–water partition coefficient (Wildman–Crippen LogP) is 2.69. The number of hydrogen-bond donors (Lipinski definition) is 2. The lowest BCUT2D eigenvalue weighted by Crippen LogP contribution is -2.22. The molecular formula is C14H24N2OS. The van der Waals surface area contributed by atoms with Gasteiger partial charge in [0.1, 0.15) is 0 Å². The first-order valence-electron chi connectivity index (χ1n) is 6.70. The van der Waals surface area contributed by atoms with Crippen LogP contribution in [0.5, 0.6) is 0 Å². The van der Waals surface area contributed by atoms with E-state index in [1.807, 2.05) is 0 Å². The molecule has 4 heteroatoms. The molecule has 0 radical (unpaired) electrons. The maximum atomic E-state index is 11.7. The summed E-state index contributed by atoms with van der Waals surface area (Å²) in [5.41, 5.74) is 5.49. The van der Waals surface area contributed by atoms with Crippen LogP contribution in [0.3, 0.4) is 0 Å². The zero-order valence-electron chi connectivity index (χ0n) is 11.4. The number of amides is 1. The molecule has 0 saturated carbocycles. The Bertz CT molecular complexity index is 362. The van der Waals surface area contributed by atoms with Gasteiger partial charge in [0.2, 0.25) is 5.91 Å².